The van der Waals surface area contributed by atoms with Crippen molar-refractivity contribution in [1.82, 2.24) is 4.90 Å². The Morgan fingerprint density at radius 3 is 2.81 bits per heavy atom. The second-order valence-corrected chi connectivity index (χ2v) is 5.49. The molecule has 0 bridgehead atoms. The van der Waals surface area contributed by atoms with Gasteiger partial charge in [0.2, 0.25) is 0 Å². The number of likely N-dealkylation sites (tertiary alicyclic amines) is 1. The average Bonchev–Trinajstić information content (AvgIpc) is 2.47. The van der Waals surface area contributed by atoms with Crippen LogP contribution in [0.3, 0.4) is 0 Å². The molecule has 0 aromatic heterocycles. The van der Waals surface area contributed by atoms with E-state index in [1.807, 2.05) is 32.0 Å². The monoisotopic (exact) mass is 291 g/mol. The molecule has 1 unspecified atom stereocenters. The zero-order valence-electron chi connectivity index (χ0n) is 12.5. The van der Waals surface area contributed by atoms with Gasteiger partial charge in [0.05, 0.1) is 0 Å². The highest BCUT2D eigenvalue weighted by molar-refractivity contribution is 5.84. The van der Waals surface area contributed by atoms with E-state index in [1.54, 1.807) is 0 Å². The van der Waals surface area contributed by atoms with Gasteiger partial charge in [-0.1, -0.05) is 12.1 Å². The summed E-state index contributed by atoms with van der Waals surface area (Å²) in [4.78, 5) is 24.9. The first-order chi connectivity index (χ1) is 9.99. The van der Waals surface area contributed by atoms with Crippen LogP contribution in [0.4, 0.5) is 0 Å². The molecule has 1 aliphatic heterocycles. The standard InChI is InChI=1S/C16H21NO4/c1-11-6-7-12(2)14(9-11)21-10-15(18)17-8-4-3-5-13(17)16(19)20/h6-7,9,13H,3-5,8,10H2,1-2H3,(H,19,20). The quantitative estimate of drug-likeness (QED) is 0.923. The van der Waals surface area contributed by atoms with E-state index in [4.69, 9.17) is 4.74 Å². The third-order valence-electron chi connectivity index (χ3n) is 3.80. The van der Waals surface area contributed by atoms with Gasteiger partial charge in [-0.25, -0.2) is 4.79 Å². The van der Waals surface area contributed by atoms with Gasteiger partial charge in [0, 0.05) is 6.54 Å². The minimum atomic E-state index is -0.935. The molecule has 2 rings (SSSR count). The van der Waals surface area contributed by atoms with Gasteiger partial charge in [0.15, 0.2) is 6.61 Å². The summed E-state index contributed by atoms with van der Waals surface area (Å²) in [6, 6.07) is 5.09. The van der Waals surface area contributed by atoms with Crippen molar-refractivity contribution < 1.29 is 19.4 Å². The highest BCUT2D eigenvalue weighted by Crippen LogP contribution is 2.21. The molecule has 5 nitrogen and oxygen atoms in total. The molecule has 0 saturated carbocycles. The molecule has 21 heavy (non-hydrogen) atoms. The summed E-state index contributed by atoms with van der Waals surface area (Å²) >= 11 is 0. The number of carboxylic acid groups (broad SMARTS) is 1. The zero-order chi connectivity index (χ0) is 15.4. The van der Waals surface area contributed by atoms with Crippen molar-refractivity contribution >= 4 is 11.9 Å². The first-order valence-electron chi connectivity index (χ1n) is 7.21. The number of hydrogen-bond acceptors (Lipinski definition) is 3. The second kappa shape index (κ2) is 6.61. The number of amides is 1. The fourth-order valence-corrected chi connectivity index (χ4v) is 2.57. The van der Waals surface area contributed by atoms with E-state index in [1.165, 1.54) is 4.90 Å². The summed E-state index contributed by atoms with van der Waals surface area (Å²) in [6.07, 6.45) is 2.21. The number of carbonyl (C=O) groups excluding carboxylic acids is 1. The van der Waals surface area contributed by atoms with Crippen LogP contribution in [-0.2, 0) is 9.59 Å². The topological polar surface area (TPSA) is 66.8 Å². The maximum Gasteiger partial charge on any atom is 0.326 e. The SMILES string of the molecule is Cc1ccc(C)c(OCC(=O)N2CCCCC2C(=O)O)c1. The molecule has 1 saturated heterocycles. The number of piperidine rings is 1. The first kappa shape index (κ1) is 15.4. The van der Waals surface area contributed by atoms with Gasteiger partial charge in [-0.3, -0.25) is 4.79 Å². The molecule has 1 amide bonds. The summed E-state index contributed by atoms with van der Waals surface area (Å²) in [6.45, 7) is 4.25. The maximum atomic E-state index is 12.2. The summed E-state index contributed by atoms with van der Waals surface area (Å²) in [5.74, 6) is -0.523. The molecule has 1 N–H and O–H groups in total. The third kappa shape index (κ3) is 3.74. The third-order valence-corrected chi connectivity index (χ3v) is 3.80. The molecule has 1 aromatic rings. The van der Waals surface area contributed by atoms with Crippen molar-refractivity contribution in [2.75, 3.05) is 13.2 Å². The lowest BCUT2D eigenvalue weighted by atomic mass is 10.0. The van der Waals surface area contributed by atoms with E-state index in [0.29, 0.717) is 18.7 Å². The summed E-state index contributed by atoms with van der Waals surface area (Å²) in [5, 5.41) is 9.19. The van der Waals surface area contributed by atoms with Crippen LogP contribution < -0.4 is 4.74 Å². The van der Waals surface area contributed by atoms with Crippen LogP contribution in [0.2, 0.25) is 0 Å². The van der Waals surface area contributed by atoms with Crippen molar-refractivity contribution in [1.29, 1.82) is 0 Å². The number of ether oxygens (including phenoxy) is 1. The van der Waals surface area contributed by atoms with Crippen molar-refractivity contribution in [3.63, 3.8) is 0 Å². The van der Waals surface area contributed by atoms with Crippen molar-refractivity contribution in [3.8, 4) is 5.75 Å². The molecule has 0 aliphatic carbocycles. The summed E-state index contributed by atoms with van der Waals surface area (Å²) < 4.78 is 5.58. The molecule has 5 heteroatoms. The summed E-state index contributed by atoms with van der Waals surface area (Å²) in [7, 11) is 0. The Bertz CT molecular complexity index is 541. The van der Waals surface area contributed by atoms with Gasteiger partial charge in [-0.15, -0.1) is 0 Å². The van der Waals surface area contributed by atoms with E-state index in [2.05, 4.69) is 0 Å². The number of carboxylic acids is 1. The number of hydrogen-bond donors (Lipinski definition) is 1. The van der Waals surface area contributed by atoms with E-state index in [-0.39, 0.29) is 12.5 Å². The number of carbonyl (C=O) groups is 2. The average molecular weight is 291 g/mol. The molecular weight excluding hydrogens is 270 g/mol. The maximum absolute atomic E-state index is 12.2. The van der Waals surface area contributed by atoms with Gasteiger partial charge >= 0.3 is 5.97 Å². The summed E-state index contributed by atoms with van der Waals surface area (Å²) in [5.41, 5.74) is 2.02. The van der Waals surface area contributed by atoms with Crippen LogP contribution in [-0.4, -0.2) is 41.1 Å². The normalized spacial score (nSPS) is 18.4. The van der Waals surface area contributed by atoms with E-state index in [9.17, 15) is 14.7 Å². The molecule has 1 fully saturated rings. The zero-order valence-corrected chi connectivity index (χ0v) is 12.5. The van der Waals surface area contributed by atoms with Crippen LogP contribution in [0.25, 0.3) is 0 Å². The first-order valence-corrected chi connectivity index (χ1v) is 7.21. The van der Waals surface area contributed by atoms with E-state index >= 15 is 0 Å². The lowest BCUT2D eigenvalue weighted by Crippen LogP contribution is -2.49. The predicted octanol–water partition coefficient (Wildman–Crippen LogP) is 2.15. The van der Waals surface area contributed by atoms with Crippen molar-refractivity contribution in [3.05, 3.63) is 29.3 Å². The minimum Gasteiger partial charge on any atom is -0.483 e. The van der Waals surface area contributed by atoms with Gasteiger partial charge < -0.3 is 14.7 Å². The second-order valence-electron chi connectivity index (χ2n) is 5.49. The molecular formula is C16H21NO4. The lowest BCUT2D eigenvalue weighted by Gasteiger charge is -2.32. The highest BCUT2D eigenvalue weighted by atomic mass is 16.5. The van der Waals surface area contributed by atoms with Crippen LogP contribution in [0, 0.1) is 13.8 Å². The lowest BCUT2D eigenvalue weighted by molar-refractivity contribution is -0.152. The fourth-order valence-electron chi connectivity index (χ4n) is 2.57. The molecule has 114 valence electrons. The Kier molecular flexibility index (Phi) is 4.83. The number of nitrogens with zero attached hydrogens (tertiary/aromatic N) is 1. The molecule has 0 spiro atoms. The van der Waals surface area contributed by atoms with Gasteiger partial charge in [-0.2, -0.15) is 0 Å². The van der Waals surface area contributed by atoms with E-state index in [0.717, 1.165) is 24.0 Å². The molecule has 1 aliphatic rings. The highest BCUT2D eigenvalue weighted by Gasteiger charge is 2.31. The van der Waals surface area contributed by atoms with Crippen molar-refractivity contribution in [2.45, 2.75) is 39.2 Å². The minimum absolute atomic E-state index is 0.117. The number of aliphatic carboxylic acids is 1. The fraction of sp³-hybridized carbons (Fsp3) is 0.500. The number of benzene rings is 1. The largest absolute Gasteiger partial charge is 0.483 e. The molecule has 0 radical (unpaired) electrons. The van der Waals surface area contributed by atoms with Crippen LogP contribution in [0.1, 0.15) is 30.4 Å². The molecule has 1 heterocycles. The van der Waals surface area contributed by atoms with Crippen LogP contribution in [0.5, 0.6) is 5.75 Å². The Morgan fingerprint density at radius 2 is 2.10 bits per heavy atom. The van der Waals surface area contributed by atoms with Gasteiger partial charge in [0.25, 0.3) is 5.91 Å². The predicted molar refractivity (Wildman–Crippen MR) is 78.4 cm³/mol. The Morgan fingerprint density at radius 1 is 1.33 bits per heavy atom. The van der Waals surface area contributed by atoms with Gasteiger partial charge in [0.1, 0.15) is 11.8 Å². The van der Waals surface area contributed by atoms with Crippen LogP contribution in [0.15, 0.2) is 18.2 Å². The number of rotatable bonds is 4. The Labute approximate surface area is 124 Å². The van der Waals surface area contributed by atoms with E-state index < -0.39 is 12.0 Å². The van der Waals surface area contributed by atoms with Gasteiger partial charge in [-0.05, 0) is 50.3 Å². The van der Waals surface area contributed by atoms with Crippen molar-refractivity contribution in [2.24, 2.45) is 0 Å². The molecule has 1 atom stereocenters. The number of aryl methyl sites for hydroxylation is 2. The molecule has 1 aromatic carbocycles. The van der Waals surface area contributed by atoms with Crippen LogP contribution >= 0.6 is 0 Å². The Hall–Kier alpha value is -2.04. The smallest absolute Gasteiger partial charge is 0.326 e. The Balaban J connectivity index is 2.00.